The summed E-state index contributed by atoms with van der Waals surface area (Å²) in [6.45, 7) is -1.72. The molecule has 0 saturated heterocycles. The van der Waals surface area contributed by atoms with E-state index in [4.69, 9.17) is 25.0 Å². The number of aliphatic hydroxyl groups is 4. The Morgan fingerprint density at radius 3 is 2.00 bits per heavy atom. The topological polar surface area (TPSA) is 145 Å². The van der Waals surface area contributed by atoms with Crippen LogP contribution in [0, 0.1) is 0 Å². The molecular weight excluding hydrogens is 220 g/mol. The highest BCUT2D eigenvalue weighted by molar-refractivity contribution is 7.80. The maximum absolute atomic E-state index is 10.0. The maximum atomic E-state index is 10.0. The van der Waals surface area contributed by atoms with E-state index in [1.54, 1.807) is 0 Å². The summed E-state index contributed by atoms with van der Waals surface area (Å²) in [5.74, 6) is 0. The van der Waals surface area contributed by atoms with Gasteiger partial charge in [-0.05, 0) is 0 Å². The van der Waals surface area contributed by atoms with Crippen LogP contribution in [-0.2, 0) is 14.6 Å². The van der Waals surface area contributed by atoms with E-state index in [0.29, 0.717) is 0 Å². The predicted molar refractivity (Wildman–Crippen MR) is 42.6 cm³/mol. The third kappa shape index (κ3) is 5.44. The Kier molecular flexibility index (Phi) is 5.44. The second-order valence-electron chi connectivity index (χ2n) is 2.52. The van der Waals surface area contributed by atoms with Crippen LogP contribution < -0.4 is 0 Å². The molecule has 0 radical (unpaired) electrons. The lowest BCUT2D eigenvalue weighted by Crippen LogP contribution is -2.42. The van der Waals surface area contributed by atoms with Crippen molar-refractivity contribution in [2.75, 3.05) is 13.2 Å². The van der Waals surface area contributed by atoms with Gasteiger partial charge in [0.2, 0.25) is 0 Å². The fraction of sp³-hybridized carbons (Fsp3) is 1.00. The molecule has 0 amide bonds. The Bertz CT molecular complexity index is 248. The first kappa shape index (κ1) is 13.7. The molecule has 0 aliphatic heterocycles. The van der Waals surface area contributed by atoms with Crippen molar-refractivity contribution in [1.82, 2.24) is 0 Å². The first-order valence-electron chi connectivity index (χ1n) is 3.55. The average molecular weight is 232 g/mol. The minimum Gasteiger partial charge on any atom is -0.394 e. The summed E-state index contributed by atoms with van der Waals surface area (Å²) in [7, 11) is -4.70. The second kappa shape index (κ2) is 5.56. The van der Waals surface area contributed by atoms with Gasteiger partial charge in [0.15, 0.2) is 0 Å². The summed E-state index contributed by atoms with van der Waals surface area (Å²) in [6, 6.07) is 0. The Morgan fingerprint density at radius 2 is 1.64 bits per heavy atom. The Morgan fingerprint density at radius 1 is 1.14 bits per heavy atom. The van der Waals surface area contributed by atoms with Gasteiger partial charge in [-0.1, -0.05) is 0 Å². The molecule has 0 aromatic carbocycles. The van der Waals surface area contributed by atoms with Gasteiger partial charge in [0.25, 0.3) is 0 Å². The molecular formula is C5H12O8S. The summed E-state index contributed by atoms with van der Waals surface area (Å²) in [6.07, 6.45) is -5.11. The quantitative estimate of drug-likeness (QED) is 0.302. The van der Waals surface area contributed by atoms with Gasteiger partial charge < -0.3 is 20.4 Å². The van der Waals surface area contributed by atoms with E-state index >= 15 is 0 Å². The van der Waals surface area contributed by atoms with E-state index in [9.17, 15) is 8.42 Å². The summed E-state index contributed by atoms with van der Waals surface area (Å²) < 4.78 is 31.9. The molecule has 0 aliphatic rings. The van der Waals surface area contributed by atoms with Gasteiger partial charge in [0.05, 0.1) is 13.2 Å². The van der Waals surface area contributed by atoms with Crippen molar-refractivity contribution in [3.8, 4) is 0 Å². The monoisotopic (exact) mass is 232 g/mol. The zero-order valence-electron chi connectivity index (χ0n) is 7.02. The number of rotatable bonds is 6. The van der Waals surface area contributed by atoms with Gasteiger partial charge >= 0.3 is 10.4 Å². The van der Waals surface area contributed by atoms with Crippen LogP contribution >= 0.6 is 0 Å². The van der Waals surface area contributed by atoms with Crippen LogP contribution in [0.1, 0.15) is 0 Å². The summed E-state index contributed by atoms with van der Waals surface area (Å²) in [4.78, 5) is 0. The van der Waals surface area contributed by atoms with Gasteiger partial charge in [-0.2, -0.15) is 8.42 Å². The first-order valence-corrected chi connectivity index (χ1v) is 4.91. The molecule has 0 aromatic rings. The van der Waals surface area contributed by atoms with Gasteiger partial charge in [-0.25, -0.2) is 4.18 Å². The third-order valence-electron chi connectivity index (χ3n) is 1.36. The van der Waals surface area contributed by atoms with Crippen molar-refractivity contribution >= 4 is 10.4 Å². The van der Waals surface area contributed by atoms with E-state index in [2.05, 4.69) is 4.18 Å². The lowest BCUT2D eigenvalue weighted by atomic mass is 10.1. The van der Waals surface area contributed by atoms with Crippen molar-refractivity contribution in [1.29, 1.82) is 0 Å². The van der Waals surface area contributed by atoms with E-state index in [1.165, 1.54) is 0 Å². The average Bonchev–Trinajstić information content (AvgIpc) is 2.10. The lowest BCUT2D eigenvalue weighted by molar-refractivity contribution is -0.0873. The summed E-state index contributed by atoms with van der Waals surface area (Å²) >= 11 is 0. The van der Waals surface area contributed by atoms with Crippen LogP contribution in [0.3, 0.4) is 0 Å². The van der Waals surface area contributed by atoms with Crippen molar-refractivity contribution in [3.63, 3.8) is 0 Å². The Hall–Kier alpha value is -0.290. The first-order chi connectivity index (χ1) is 6.28. The fourth-order valence-corrected chi connectivity index (χ4v) is 0.930. The van der Waals surface area contributed by atoms with Crippen LogP contribution in [0.25, 0.3) is 0 Å². The lowest BCUT2D eigenvalue weighted by Gasteiger charge is -2.20. The molecule has 0 bridgehead atoms. The molecule has 5 N–H and O–H groups in total. The van der Waals surface area contributed by atoms with Crippen LogP contribution in [0.5, 0.6) is 0 Å². The molecule has 0 spiro atoms. The van der Waals surface area contributed by atoms with Crippen molar-refractivity contribution in [2.45, 2.75) is 18.3 Å². The second-order valence-corrected chi connectivity index (χ2v) is 3.61. The van der Waals surface area contributed by atoms with Crippen LogP contribution in [0.2, 0.25) is 0 Å². The van der Waals surface area contributed by atoms with Gasteiger partial charge in [-0.15, -0.1) is 0 Å². The van der Waals surface area contributed by atoms with Crippen molar-refractivity contribution in [3.05, 3.63) is 0 Å². The Labute approximate surface area is 80.3 Å². The van der Waals surface area contributed by atoms with Crippen LogP contribution in [-0.4, -0.2) is 64.9 Å². The van der Waals surface area contributed by atoms with Crippen LogP contribution in [0.15, 0.2) is 0 Å². The molecule has 3 atom stereocenters. The standard InChI is InChI=1S/C5H12O8S/c6-1-3(7)5(9)4(8)2-13-14(10,11)12/h3-9H,1-2H2,(H,10,11,12)/t3-,4+,5+/m1/s1. The van der Waals surface area contributed by atoms with Gasteiger partial charge in [0, 0.05) is 0 Å². The predicted octanol–water partition coefficient (Wildman–Crippen LogP) is -3.12. The highest BCUT2D eigenvalue weighted by atomic mass is 32.3. The Balaban J connectivity index is 4.02. The zero-order chi connectivity index (χ0) is 11.4. The highest BCUT2D eigenvalue weighted by Gasteiger charge is 2.25. The summed E-state index contributed by atoms with van der Waals surface area (Å²) in [5, 5.41) is 35.1. The maximum Gasteiger partial charge on any atom is 0.397 e. The SMILES string of the molecule is O=S(=O)(O)OC[C@H](O)[C@@H](O)[C@H](O)CO. The smallest absolute Gasteiger partial charge is 0.394 e. The van der Waals surface area contributed by atoms with Crippen molar-refractivity contribution in [2.24, 2.45) is 0 Å². The molecule has 0 saturated carbocycles. The molecule has 9 heteroatoms. The molecule has 0 aromatic heterocycles. The van der Waals surface area contributed by atoms with Crippen LogP contribution in [0.4, 0.5) is 0 Å². The van der Waals surface area contributed by atoms with Gasteiger partial charge in [-0.3, -0.25) is 4.55 Å². The molecule has 0 aliphatic carbocycles. The molecule has 8 nitrogen and oxygen atoms in total. The molecule has 14 heavy (non-hydrogen) atoms. The van der Waals surface area contributed by atoms with Crippen molar-refractivity contribution < 1.29 is 37.6 Å². The summed E-state index contributed by atoms with van der Waals surface area (Å²) in [5.41, 5.74) is 0. The number of aliphatic hydroxyl groups excluding tert-OH is 4. The van der Waals surface area contributed by atoms with E-state index in [1.807, 2.05) is 0 Å². The molecule has 86 valence electrons. The number of hydrogen-bond donors (Lipinski definition) is 5. The molecule has 0 heterocycles. The highest BCUT2D eigenvalue weighted by Crippen LogP contribution is 2.01. The molecule has 0 unspecified atom stereocenters. The van der Waals surface area contributed by atoms with E-state index in [-0.39, 0.29) is 0 Å². The largest absolute Gasteiger partial charge is 0.397 e. The molecule has 0 fully saturated rings. The normalized spacial score (nSPS) is 18.9. The minimum absolute atomic E-state index is 0.801. The van der Waals surface area contributed by atoms with E-state index < -0.39 is 41.9 Å². The molecule has 0 rings (SSSR count). The third-order valence-corrected chi connectivity index (χ3v) is 1.80. The van der Waals surface area contributed by atoms with E-state index in [0.717, 1.165) is 0 Å². The number of hydrogen-bond acceptors (Lipinski definition) is 7. The zero-order valence-corrected chi connectivity index (χ0v) is 7.83. The van der Waals surface area contributed by atoms with Gasteiger partial charge in [0.1, 0.15) is 18.3 Å². The minimum atomic E-state index is -4.70. The fourth-order valence-electron chi connectivity index (χ4n) is 0.619.